The van der Waals surface area contributed by atoms with Crippen LogP contribution in [0.25, 0.3) is 77.9 Å². The Morgan fingerprint density at radius 3 is 1.09 bits per heavy atom. The monoisotopic (exact) mass is 899 g/mol. The van der Waals surface area contributed by atoms with E-state index in [9.17, 15) is 0 Å². The first-order valence-corrected chi connectivity index (χ1v) is 25.3. The second kappa shape index (κ2) is 18.5. The zero-order valence-corrected chi connectivity index (χ0v) is 40.2. The Bertz CT molecular complexity index is 3320. The van der Waals surface area contributed by atoms with E-state index < -0.39 is 0 Å². The first-order valence-electron chi connectivity index (χ1n) is 25.3. The lowest BCUT2D eigenvalue weighted by molar-refractivity contribution is 0.443. The maximum Gasteiger partial charge on any atom is 0.0465 e. The summed E-state index contributed by atoms with van der Waals surface area (Å²) in [7, 11) is 0. The zero-order chi connectivity index (χ0) is 47.0. The molecule has 1 nitrogen and oxygen atoms in total. The molecule has 0 aliphatic heterocycles. The summed E-state index contributed by atoms with van der Waals surface area (Å²) in [6.07, 6.45) is 6.57. The number of hydrogen-bond donors (Lipinski definition) is 0. The van der Waals surface area contributed by atoms with Crippen LogP contribution in [-0.2, 0) is 5.41 Å². The van der Waals surface area contributed by atoms with Gasteiger partial charge in [-0.25, -0.2) is 0 Å². The Balaban J connectivity index is 1.12. The molecule has 0 radical (unpaired) electrons. The van der Waals surface area contributed by atoms with E-state index in [2.05, 4.69) is 261 Å². The predicted molar refractivity (Wildman–Crippen MR) is 297 cm³/mol. The number of hydrogen-bond acceptors (Lipinski definition) is 1. The van der Waals surface area contributed by atoms with E-state index in [0.717, 1.165) is 16.9 Å². The van der Waals surface area contributed by atoms with Crippen LogP contribution in [0.2, 0.25) is 0 Å². The van der Waals surface area contributed by atoms with Crippen molar-refractivity contribution in [3.05, 3.63) is 259 Å². The molecule has 10 aromatic rings. The minimum atomic E-state index is -0.122. The summed E-state index contributed by atoms with van der Waals surface area (Å²) in [5.74, 6) is 0.641. The highest BCUT2D eigenvalue weighted by atomic mass is 15.1. The van der Waals surface area contributed by atoms with Crippen molar-refractivity contribution < 1.29 is 0 Å². The largest absolute Gasteiger partial charge is 0.310 e. The van der Waals surface area contributed by atoms with Gasteiger partial charge in [0, 0.05) is 22.5 Å². The van der Waals surface area contributed by atoms with Crippen molar-refractivity contribution in [2.45, 2.75) is 57.3 Å². The van der Waals surface area contributed by atoms with Crippen molar-refractivity contribution in [1.29, 1.82) is 0 Å². The first kappa shape index (κ1) is 43.3. The zero-order valence-electron chi connectivity index (χ0n) is 40.2. The fourth-order valence-corrected chi connectivity index (χ4v) is 11.9. The second-order valence-corrected chi connectivity index (χ2v) is 19.8. The van der Waals surface area contributed by atoms with Crippen molar-refractivity contribution in [2.75, 3.05) is 4.90 Å². The molecule has 0 amide bonds. The molecule has 0 aromatic heterocycles. The lowest BCUT2D eigenvalue weighted by Gasteiger charge is -2.30. The third-order valence-corrected chi connectivity index (χ3v) is 15.3. The smallest absolute Gasteiger partial charge is 0.0465 e. The number of rotatable bonds is 10. The topological polar surface area (TPSA) is 3.24 Å². The molecule has 1 heteroatoms. The Hall–Kier alpha value is -8.00. The van der Waals surface area contributed by atoms with E-state index in [4.69, 9.17) is 0 Å². The van der Waals surface area contributed by atoms with Crippen LogP contribution in [0.15, 0.2) is 243 Å². The number of fused-ring (bicyclic) bond motifs is 3. The van der Waals surface area contributed by atoms with Crippen molar-refractivity contribution in [3.63, 3.8) is 0 Å². The fourth-order valence-electron chi connectivity index (χ4n) is 11.9. The molecular weight excluding hydrogens is 843 g/mol. The molecule has 0 bridgehead atoms. The van der Waals surface area contributed by atoms with Crippen molar-refractivity contribution >= 4 is 17.1 Å². The highest BCUT2D eigenvalue weighted by Gasteiger charge is 2.36. The van der Waals surface area contributed by atoms with Gasteiger partial charge in [0.1, 0.15) is 0 Å². The minimum Gasteiger partial charge on any atom is -0.310 e. The molecule has 0 saturated heterocycles. The maximum absolute atomic E-state index is 2.48. The summed E-state index contributed by atoms with van der Waals surface area (Å²) in [5.41, 5.74) is 24.6. The standard InChI is InChI=1S/C69H57N/c1-69(2)61-36-22-21-35-59(61)60-46-45-58(47-62(60)69)70(56-41-37-49(38-42-56)48-23-9-3-10-24-48)57-43-39-55(40-44-57)68-66(53-31-17-7-18-32-53)64(51-27-13-5-14-28-51)63(50-25-11-4-12-26-50)65(52-29-15-6-16-30-52)67(68)54-33-19-8-20-34-54/h4-8,11-22,25-48H,3,9-10,23-24H2,1-2H3. The highest BCUT2D eigenvalue weighted by Crippen LogP contribution is 2.56. The molecule has 0 heterocycles. The van der Waals surface area contributed by atoms with Gasteiger partial charge in [-0.3, -0.25) is 0 Å². The van der Waals surface area contributed by atoms with Gasteiger partial charge in [-0.05, 0) is 150 Å². The van der Waals surface area contributed by atoms with E-state index >= 15 is 0 Å². The van der Waals surface area contributed by atoms with E-state index in [1.807, 2.05) is 0 Å². The van der Waals surface area contributed by atoms with Crippen molar-refractivity contribution in [3.8, 4) is 77.9 Å². The summed E-state index contributed by atoms with van der Waals surface area (Å²) in [6, 6.07) is 90.4. The molecule has 10 aromatic carbocycles. The summed E-state index contributed by atoms with van der Waals surface area (Å²) < 4.78 is 0. The van der Waals surface area contributed by atoms with Gasteiger partial charge >= 0.3 is 0 Å². The Labute approximate surface area is 414 Å². The lowest BCUT2D eigenvalue weighted by atomic mass is 9.74. The molecule has 70 heavy (non-hydrogen) atoms. The summed E-state index contributed by atoms with van der Waals surface area (Å²) in [4.78, 5) is 2.48. The molecule has 1 fully saturated rings. The minimum absolute atomic E-state index is 0.122. The Morgan fingerprint density at radius 2 is 0.657 bits per heavy atom. The molecule has 2 aliphatic rings. The van der Waals surface area contributed by atoms with E-state index in [0.29, 0.717) is 5.92 Å². The Kier molecular flexibility index (Phi) is 11.4. The summed E-state index contributed by atoms with van der Waals surface area (Å²) >= 11 is 0. The highest BCUT2D eigenvalue weighted by molar-refractivity contribution is 6.15. The van der Waals surface area contributed by atoms with Gasteiger partial charge in [0.2, 0.25) is 0 Å². The number of nitrogens with zero attached hydrogens (tertiary/aromatic N) is 1. The van der Waals surface area contributed by atoms with E-state index in [1.165, 1.54) is 127 Å². The number of anilines is 3. The molecule has 0 unspecified atom stereocenters. The van der Waals surface area contributed by atoms with Gasteiger partial charge in [-0.2, -0.15) is 0 Å². The molecule has 0 spiro atoms. The summed E-state index contributed by atoms with van der Waals surface area (Å²) in [6.45, 7) is 4.76. The SMILES string of the molecule is CC1(C)c2ccccc2-c2ccc(N(c3ccc(-c4c(-c5ccccc5)c(-c5ccccc5)c(-c5ccccc5)c(-c5ccccc5)c4-c4ccccc4)cc3)c3ccc(C4CCCCC4)cc3)cc21. The van der Waals surface area contributed by atoms with Gasteiger partial charge in [-0.15, -0.1) is 0 Å². The molecule has 1 saturated carbocycles. The quantitative estimate of drug-likeness (QED) is 0.132. The van der Waals surface area contributed by atoms with Crippen LogP contribution in [-0.4, -0.2) is 0 Å². The van der Waals surface area contributed by atoms with E-state index in [-0.39, 0.29) is 5.41 Å². The molecular formula is C69H57N. The fraction of sp³-hybridized carbons (Fsp3) is 0.130. The average Bonchev–Trinajstić information content (AvgIpc) is 3.67. The lowest BCUT2D eigenvalue weighted by Crippen LogP contribution is -2.16. The van der Waals surface area contributed by atoms with Crippen LogP contribution < -0.4 is 4.90 Å². The van der Waals surface area contributed by atoms with Gasteiger partial charge < -0.3 is 4.90 Å². The molecule has 0 N–H and O–H groups in total. The van der Waals surface area contributed by atoms with Crippen LogP contribution in [0.4, 0.5) is 17.1 Å². The van der Waals surface area contributed by atoms with Crippen LogP contribution >= 0.6 is 0 Å². The number of benzene rings is 10. The maximum atomic E-state index is 2.48. The van der Waals surface area contributed by atoms with Gasteiger partial charge in [-0.1, -0.05) is 239 Å². The van der Waals surface area contributed by atoms with Crippen molar-refractivity contribution in [1.82, 2.24) is 0 Å². The van der Waals surface area contributed by atoms with Gasteiger partial charge in [0.05, 0.1) is 0 Å². The molecule has 0 atom stereocenters. The third kappa shape index (κ3) is 7.77. The first-order chi connectivity index (χ1) is 34.5. The van der Waals surface area contributed by atoms with Crippen molar-refractivity contribution in [2.24, 2.45) is 0 Å². The van der Waals surface area contributed by atoms with Gasteiger partial charge in [0.25, 0.3) is 0 Å². The molecule has 2 aliphatic carbocycles. The normalized spacial score (nSPS) is 13.9. The van der Waals surface area contributed by atoms with E-state index in [1.54, 1.807) is 0 Å². The average molecular weight is 900 g/mol. The predicted octanol–water partition coefficient (Wildman–Crippen LogP) is 19.5. The van der Waals surface area contributed by atoms with Crippen LogP contribution in [0.3, 0.4) is 0 Å². The third-order valence-electron chi connectivity index (χ3n) is 15.3. The van der Waals surface area contributed by atoms with Crippen LogP contribution in [0.5, 0.6) is 0 Å². The molecule has 12 rings (SSSR count). The van der Waals surface area contributed by atoms with Crippen LogP contribution in [0.1, 0.15) is 68.6 Å². The van der Waals surface area contributed by atoms with Gasteiger partial charge in [0.15, 0.2) is 0 Å². The molecule has 338 valence electrons. The van der Waals surface area contributed by atoms with Crippen LogP contribution in [0, 0.1) is 0 Å². The Morgan fingerprint density at radius 1 is 0.314 bits per heavy atom. The second-order valence-electron chi connectivity index (χ2n) is 19.8. The summed E-state index contributed by atoms with van der Waals surface area (Å²) in [5, 5.41) is 0.